The lowest BCUT2D eigenvalue weighted by Gasteiger charge is -2.18. The van der Waals surface area contributed by atoms with Gasteiger partial charge in [0, 0.05) is 19.6 Å². The molecular formula is C16H24ClN3O. The standard InChI is InChI=1S/C16H23N3O.ClH/c1-16(2,3)12-5-6-14-13(11-12)18-15(20-14)19-9-4-7-17-8-10-19;/h5-6,11,17H,4,7-10H2,1-3H3;1H. The smallest absolute Gasteiger partial charge is 0.298 e. The van der Waals surface area contributed by atoms with E-state index in [-0.39, 0.29) is 17.8 Å². The van der Waals surface area contributed by atoms with Gasteiger partial charge in [-0.15, -0.1) is 12.4 Å². The van der Waals surface area contributed by atoms with Crippen molar-refractivity contribution in [2.75, 3.05) is 31.1 Å². The Morgan fingerprint density at radius 3 is 2.76 bits per heavy atom. The molecule has 1 N–H and O–H groups in total. The molecule has 0 amide bonds. The molecule has 0 unspecified atom stereocenters. The first-order valence-electron chi connectivity index (χ1n) is 7.41. The Labute approximate surface area is 132 Å². The molecule has 5 heteroatoms. The molecular weight excluding hydrogens is 286 g/mol. The fourth-order valence-corrected chi connectivity index (χ4v) is 2.55. The summed E-state index contributed by atoms with van der Waals surface area (Å²) in [6.45, 7) is 10.7. The monoisotopic (exact) mass is 309 g/mol. The highest BCUT2D eigenvalue weighted by atomic mass is 35.5. The molecule has 2 heterocycles. The van der Waals surface area contributed by atoms with E-state index in [0.29, 0.717) is 0 Å². The minimum Gasteiger partial charge on any atom is -0.423 e. The summed E-state index contributed by atoms with van der Waals surface area (Å²) in [5, 5.41) is 3.40. The second kappa shape index (κ2) is 6.24. The maximum absolute atomic E-state index is 5.92. The number of halogens is 1. The molecule has 0 atom stereocenters. The normalized spacial score (nSPS) is 16.6. The first-order chi connectivity index (χ1) is 9.54. The van der Waals surface area contributed by atoms with Gasteiger partial charge in [-0.05, 0) is 36.1 Å². The van der Waals surface area contributed by atoms with Crippen LogP contribution in [0.3, 0.4) is 0 Å². The van der Waals surface area contributed by atoms with Crippen molar-refractivity contribution in [1.29, 1.82) is 0 Å². The van der Waals surface area contributed by atoms with Crippen LogP contribution in [0.25, 0.3) is 11.1 Å². The van der Waals surface area contributed by atoms with Crippen molar-refractivity contribution in [1.82, 2.24) is 10.3 Å². The Morgan fingerprint density at radius 2 is 2.00 bits per heavy atom. The zero-order valence-electron chi connectivity index (χ0n) is 13.0. The fraction of sp³-hybridized carbons (Fsp3) is 0.562. The highest BCUT2D eigenvalue weighted by molar-refractivity contribution is 5.85. The van der Waals surface area contributed by atoms with E-state index < -0.39 is 0 Å². The molecule has 0 spiro atoms. The van der Waals surface area contributed by atoms with E-state index in [9.17, 15) is 0 Å². The molecule has 1 aliphatic heterocycles. The van der Waals surface area contributed by atoms with Crippen LogP contribution in [0.15, 0.2) is 22.6 Å². The van der Waals surface area contributed by atoms with E-state index in [4.69, 9.17) is 4.42 Å². The summed E-state index contributed by atoms with van der Waals surface area (Å²) in [6.07, 6.45) is 1.13. The van der Waals surface area contributed by atoms with Crippen LogP contribution in [0.2, 0.25) is 0 Å². The molecule has 4 nitrogen and oxygen atoms in total. The van der Waals surface area contributed by atoms with Crippen LogP contribution in [0.4, 0.5) is 6.01 Å². The van der Waals surface area contributed by atoms with Crippen molar-refractivity contribution in [2.24, 2.45) is 0 Å². The highest BCUT2D eigenvalue weighted by Gasteiger charge is 2.18. The molecule has 1 aromatic heterocycles. The first-order valence-corrected chi connectivity index (χ1v) is 7.41. The maximum Gasteiger partial charge on any atom is 0.298 e. The molecule has 116 valence electrons. The van der Waals surface area contributed by atoms with Crippen LogP contribution in [-0.2, 0) is 5.41 Å². The summed E-state index contributed by atoms with van der Waals surface area (Å²) < 4.78 is 5.92. The van der Waals surface area contributed by atoms with Crippen LogP contribution >= 0.6 is 12.4 Å². The molecule has 0 bridgehead atoms. The zero-order chi connectivity index (χ0) is 14.2. The van der Waals surface area contributed by atoms with E-state index in [0.717, 1.165) is 49.7 Å². The molecule has 0 aliphatic carbocycles. The summed E-state index contributed by atoms with van der Waals surface area (Å²) >= 11 is 0. The molecule has 1 aromatic carbocycles. The lowest BCUT2D eigenvalue weighted by molar-refractivity contribution is 0.570. The van der Waals surface area contributed by atoms with Crippen molar-refractivity contribution in [3.63, 3.8) is 0 Å². The quantitative estimate of drug-likeness (QED) is 0.877. The molecule has 0 saturated carbocycles. The lowest BCUT2D eigenvalue weighted by Crippen LogP contribution is -2.27. The SMILES string of the molecule is CC(C)(C)c1ccc2oc(N3CCCNCC3)nc2c1.Cl. The van der Waals surface area contributed by atoms with Crippen molar-refractivity contribution < 1.29 is 4.42 Å². The zero-order valence-corrected chi connectivity index (χ0v) is 13.8. The number of nitrogens with one attached hydrogen (secondary N) is 1. The number of oxazole rings is 1. The average Bonchev–Trinajstić information content (AvgIpc) is 2.63. The maximum atomic E-state index is 5.92. The van der Waals surface area contributed by atoms with E-state index in [1.807, 2.05) is 6.07 Å². The molecule has 0 radical (unpaired) electrons. The van der Waals surface area contributed by atoms with Gasteiger partial charge in [0.15, 0.2) is 5.58 Å². The Bertz CT molecular complexity index is 595. The number of nitrogens with zero attached hydrogens (tertiary/aromatic N) is 2. The average molecular weight is 310 g/mol. The summed E-state index contributed by atoms with van der Waals surface area (Å²) in [5.74, 6) is 0. The van der Waals surface area contributed by atoms with E-state index in [2.05, 4.69) is 48.1 Å². The number of benzene rings is 1. The summed E-state index contributed by atoms with van der Waals surface area (Å²) in [6, 6.07) is 7.09. The number of anilines is 1. The Kier molecular flexibility index (Phi) is 4.79. The summed E-state index contributed by atoms with van der Waals surface area (Å²) in [5.41, 5.74) is 3.28. The van der Waals surface area contributed by atoms with Gasteiger partial charge >= 0.3 is 0 Å². The van der Waals surface area contributed by atoms with Crippen LogP contribution in [0.1, 0.15) is 32.8 Å². The molecule has 1 fully saturated rings. The summed E-state index contributed by atoms with van der Waals surface area (Å²) in [7, 11) is 0. The topological polar surface area (TPSA) is 41.3 Å². The van der Waals surface area contributed by atoms with E-state index in [1.165, 1.54) is 5.56 Å². The van der Waals surface area contributed by atoms with Gasteiger partial charge in [0.25, 0.3) is 6.01 Å². The predicted octanol–water partition coefficient (Wildman–Crippen LogP) is 3.35. The van der Waals surface area contributed by atoms with Crippen molar-refractivity contribution in [2.45, 2.75) is 32.6 Å². The van der Waals surface area contributed by atoms with Gasteiger partial charge in [0.2, 0.25) is 0 Å². The third-order valence-electron chi connectivity index (χ3n) is 3.85. The van der Waals surface area contributed by atoms with Gasteiger partial charge < -0.3 is 14.6 Å². The third kappa shape index (κ3) is 3.50. The second-order valence-corrected chi connectivity index (χ2v) is 6.52. The Morgan fingerprint density at radius 1 is 1.19 bits per heavy atom. The van der Waals surface area contributed by atoms with Crippen molar-refractivity contribution in [3.8, 4) is 0 Å². The number of rotatable bonds is 1. The largest absolute Gasteiger partial charge is 0.423 e. The molecule has 3 rings (SSSR count). The lowest BCUT2D eigenvalue weighted by atomic mass is 9.87. The van der Waals surface area contributed by atoms with Gasteiger partial charge in [-0.1, -0.05) is 26.8 Å². The number of fused-ring (bicyclic) bond motifs is 1. The van der Waals surface area contributed by atoms with Gasteiger partial charge in [0.1, 0.15) is 5.52 Å². The molecule has 1 aliphatic rings. The first kappa shape index (κ1) is 16.1. The highest BCUT2D eigenvalue weighted by Crippen LogP contribution is 2.28. The molecule has 2 aromatic rings. The van der Waals surface area contributed by atoms with Gasteiger partial charge in [-0.25, -0.2) is 0 Å². The number of hydrogen-bond donors (Lipinski definition) is 1. The minimum atomic E-state index is 0. The summed E-state index contributed by atoms with van der Waals surface area (Å²) in [4.78, 5) is 6.92. The van der Waals surface area contributed by atoms with E-state index >= 15 is 0 Å². The molecule has 1 saturated heterocycles. The Hall–Kier alpha value is -1.26. The second-order valence-electron chi connectivity index (χ2n) is 6.52. The number of aromatic nitrogens is 1. The fourth-order valence-electron chi connectivity index (χ4n) is 2.55. The van der Waals surface area contributed by atoms with Gasteiger partial charge in [-0.3, -0.25) is 0 Å². The van der Waals surface area contributed by atoms with E-state index in [1.54, 1.807) is 0 Å². The minimum absolute atomic E-state index is 0. The third-order valence-corrected chi connectivity index (χ3v) is 3.85. The van der Waals surface area contributed by atoms with Crippen molar-refractivity contribution >= 4 is 29.5 Å². The van der Waals surface area contributed by atoms with Crippen LogP contribution in [0, 0.1) is 0 Å². The number of hydrogen-bond acceptors (Lipinski definition) is 4. The van der Waals surface area contributed by atoms with Crippen LogP contribution < -0.4 is 10.2 Å². The Balaban J connectivity index is 0.00000161. The molecule has 21 heavy (non-hydrogen) atoms. The van der Waals surface area contributed by atoms with Crippen molar-refractivity contribution in [3.05, 3.63) is 23.8 Å². The predicted molar refractivity (Wildman–Crippen MR) is 89.7 cm³/mol. The van der Waals surface area contributed by atoms with Crippen LogP contribution in [-0.4, -0.2) is 31.2 Å². The van der Waals surface area contributed by atoms with Gasteiger partial charge in [0.05, 0.1) is 0 Å². The van der Waals surface area contributed by atoms with Gasteiger partial charge in [-0.2, -0.15) is 4.98 Å². The van der Waals surface area contributed by atoms with Crippen LogP contribution in [0.5, 0.6) is 0 Å².